The van der Waals surface area contributed by atoms with Crippen LogP contribution in [0.1, 0.15) is 10.4 Å². The van der Waals surface area contributed by atoms with E-state index < -0.39 is 17.6 Å². The average molecular weight is 300 g/mol. The SMILES string of the molecule is O=C(O)c1cccc2ccnc(Nc3ccc(F)cc3F)c12. The van der Waals surface area contributed by atoms with Crippen LogP contribution >= 0.6 is 0 Å². The highest BCUT2D eigenvalue weighted by molar-refractivity contribution is 6.08. The van der Waals surface area contributed by atoms with Crippen LogP contribution in [0.25, 0.3) is 10.8 Å². The summed E-state index contributed by atoms with van der Waals surface area (Å²) in [5, 5.41) is 13.0. The molecule has 0 fully saturated rings. The van der Waals surface area contributed by atoms with Crippen molar-refractivity contribution >= 4 is 28.2 Å². The molecule has 0 unspecified atom stereocenters. The molecule has 6 heteroatoms. The minimum Gasteiger partial charge on any atom is -0.478 e. The molecule has 3 rings (SSSR count). The van der Waals surface area contributed by atoms with Gasteiger partial charge in [0.05, 0.1) is 11.3 Å². The van der Waals surface area contributed by atoms with E-state index in [2.05, 4.69) is 10.3 Å². The number of carboxylic acids is 1. The van der Waals surface area contributed by atoms with Gasteiger partial charge in [-0.2, -0.15) is 0 Å². The van der Waals surface area contributed by atoms with Crippen LogP contribution in [-0.4, -0.2) is 16.1 Å². The highest BCUT2D eigenvalue weighted by Gasteiger charge is 2.14. The second kappa shape index (κ2) is 5.40. The summed E-state index contributed by atoms with van der Waals surface area (Å²) < 4.78 is 26.7. The number of carbonyl (C=O) groups is 1. The molecular weight excluding hydrogens is 290 g/mol. The van der Waals surface area contributed by atoms with E-state index in [4.69, 9.17) is 0 Å². The molecule has 0 bridgehead atoms. The molecule has 4 nitrogen and oxygen atoms in total. The molecule has 1 aromatic heterocycles. The predicted molar refractivity (Wildman–Crippen MR) is 78.3 cm³/mol. The molecule has 0 aliphatic carbocycles. The van der Waals surface area contributed by atoms with Gasteiger partial charge in [-0.1, -0.05) is 12.1 Å². The lowest BCUT2D eigenvalue weighted by Crippen LogP contribution is -2.03. The van der Waals surface area contributed by atoms with Crippen molar-refractivity contribution in [3.05, 3.63) is 65.9 Å². The lowest BCUT2D eigenvalue weighted by atomic mass is 10.1. The normalized spacial score (nSPS) is 10.6. The van der Waals surface area contributed by atoms with Crippen LogP contribution in [0.4, 0.5) is 20.3 Å². The highest BCUT2D eigenvalue weighted by atomic mass is 19.1. The Morgan fingerprint density at radius 1 is 1.14 bits per heavy atom. The second-order valence-corrected chi connectivity index (χ2v) is 4.62. The summed E-state index contributed by atoms with van der Waals surface area (Å²) in [6.45, 7) is 0. The van der Waals surface area contributed by atoms with Crippen LogP contribution in [0.5, 0.6) is 0 Å². The van der Waals surface area contributed by atoms with Gasteiger partial charge in [-0.05, 0) is 29.7 Å². The van der Waals surface area contributed by atoms with Gasteiger partial charge in [-0.25, -0.2) is 18.6 Å². The number of hydrogen-bond donors (Lipinski definition) is 2. The lowest BCUT2D eigenvalue weighted by Gasteiger charge is -2.11. The largest absolute Gasteiger partial charge is 0.478 e. The standard InChI is InChI=1S/C16H10F2N2O2/c17-10-4-5-13(12(18)8-10)20-15-14-9(6-7-19-15)2-1-3-11(14)16(21)22/h1-8H,(H,19,20)(H,21,22). The molecule has 3 aromatic rings. The Balaban J connectivity index is 2.16. The van der Waals surface area contributed by atoms with Gasteiger partial charge in [-0.15, -0.1) is 0 Å². The fourth-order valence-corrected chi connectivity index (χ4v) is 2.22. The van der Waals surface area contributed by atoms with E-state index in [-0.39, 0.29) is 17.1 Å². The van der Waals surface area contributed by atoms with Crippen LogP contribution in [0.3, 0.4) is 0 Å². The molecule has 0 aliphatic heterocycles. The van der Waals surface area contributed by atoms with Crippen molar-refractivity contribution in [1.29, 1.82) is 0 Å². The van der Waals surface area contributed by atoms with E-state index >= 15 is 0 Å². The van der Waals surface area contributed by atoms with Crippen molar-refractivity contribution in [2.75, 3.05) is 5.32 Å². The zero-order valence-electron chi connectivity index (χ0n) is 11.2. The van der Waals surface area contributed by atoms with Gasteiger partial charge >= 0.3 is 5.97 Å². The summed E-state index contributed by atoms with van der Waals surface area (Å²) in [5.41, 5.74) is 0.0669. The molecule has 0 atom stereocenters. The van der Waals surface area contributed by atoms with Crippen molar-refractivity contribution in [3.63, 3.8) is 0 Å². The number of carboxylic acid groups (broad SMARTS) is 1. The van der Waals surface area contributed by atoms with E-state index in [1.165, 1.54) is 18.3 Å². The highest BCUT2D eigenvalue weighted by Crippen LogP contribution is 2.28. The molecule has 0 amide bonds. The number of nitrogens with one attached hydrogen (secondary N) is 1. The number of anilines is 2. The molecule has 2 aromatic carbocycles. The van der Waals surface area contributed by atoms with E-state index in [9.17, 15) is 18.7 Å². The van der Waals surface area contributed by atoms with E-state index in [0.29, 0.717) is 10.8 Å². The van der Waals surface area contributed by atoms with E-state index in [1.54, 1.807) is 18.2 Å². The third-order valence-electron chi connectivity index (χ3n) is 3.21. The Kier molecular flexibility index (Phi) is 3.42. The van der Waals surface area contributed by atoms with Crippen LogP contribution in [-0.2, 0) is 0 Å². The first-order chi connectivity index (χ1) is 10.6. The number of pyridine rings is 1. The third-order valence-corrected chi connectivity index (χ3v) is 3.21. The van der Waals surface area contributed by atoms with Crippen molar-refractivity contribution < 1.29 is 18.7 Å². The first-order valence-corrected chi connectivity index (χ1v) is 6.39. The third kappa shape index (κ3) is 2.46. The maximum absolute atomic E-state index is 13.7. The predicted octanol–water partition coefficient (Wildman–Crippen LogP) is 3.95. The second-order valence-electron chi connectivity index (χ2n) is 4.62. The Hall–Kier alpha value is -3.02. The molecule has 110 valence electrons. The molecule has 2 N–H and O–H groups in total. The molecule has 22 heavy (non-hydrogen) atoms. The zero-order valence-corrected chi connectivity index (χ0v) is 11.2. The first-order valence-electron chi connectivity index (χ1n) is 6.39. The van der Waals surface area contributed by atoms with E-state index in [1.807, 2.05) is 0 Å². The topological polar surface area (TPSA) is 62.2 Å². The number of aromatic nitrogens is 1. The summed E-state index contributed by atoms with van der Waals surface area (Å²) in [4.78, 5) is 15.4. The van der Waals surface area contributed by atoms with Crippen LogP contribution in [0.15, 0.2) is 48.7 Å². The number of halogens is 2. The molecule has 0 saturated heterocycles. The number of fused-ring (bicyclic) bond motifs is 1. The fraction of sp³-hybridized carbons (Fsp3) is 0. The maximum Gasteiger partial charge on any atom is 0.336 e. The Bertz CT molecular complexity index is 876. The molecule has 0 spiro atoms. The summed E-state index contributed by atoms with van der Waals surface area (Å²) in [7, 11) is 0. The number of hydrogen-bond acceptors (Lipinski definition) is 3. The number of nitrogens with zero attached hydrogens (tertiary/aromatic N) is 1. The zero-order chi connectivity index (χ0) is 15.7. The Labute approximate surface area is 124 Å². The number of rotatable bonds is 3. The molecule has 0 radical (unpaired) electrons. The fourth-order valence-electron chi connectivity index (χ4n) is 2.22. The Morgan fingerprint density at radius 3 is 2.68 bits per heavy atom. The molecule has 0 saturated carbocycles. The van der Waals surface area contributed by atoms with E-state index in [0.717, 1.165) is 12.1 Å². The van der Waals surface area contributed by atoms with Gasteiger partial charge in [0.2, 0.25) is 0 Å². The van der Waals surface area contributed by atoms with Crippen LogP contribution < -0.4 is 5.32 Å². The number of aromatic carboxylic acids is 1. The van der Waals surface area contributed by atoms with Crippen molar-refractivity contribution in [2.45, 2.75) is 0 Å². The first kappa shape index (κ1) is 13.9. The molecule has 1 heterocycles. The summed E-state index contributed by atoms with van der Waals surface area (Å²) in [5.74, 6) is -2.39. The monoisotopic (exact) mass is 300 g/mol. The molecule has 0 aliphatic rings. The van der Waals surface area contributed by atoms with Crippen molar-refractivity contribution in [2.24, 2.45) is 0 Å². The summed E-state index contributed by atoms with van der Waals surface area (Å²) in [6.07, 6.45) is 1.48. The van der Waals surface area contributed by atoms with Gasteiger partial charge in [0.1, 0.15) is 17.5 Å². The van der Waals surface area contributed by atoms with Gasteiger partial charge < -0.3 is 10.4 Å². The summed E-state index contributed by atoms with van der Waals surface area (Å²) >= 11 is 0. The molecular formula is C16H10F2N2O2. The van der Waals surface area contributed by atoms with Crippen LogP contribution in [0, 0.1) is 11.6 Å². The van der Waals surface area contributed by atoms with Gasteiger partial charge in [0.25, 0.3) is 0 Å². The smallest absolute Gasteiger partial charge is 0.336 e. The number of benzene rings is 2. The van der Waals surface area contributed by atoms with Crippen molar-refractivity contribution in [3.8, 4) is 0 Å². The minimum absolute atomic E-state index is 0.0154. The van der Waals surface area contributed by atoms with Gasteiger partial charge in [0, 0.05) is 17.6 Å². The van der Waals surface area contributed by atoms with Gasteiger partial charge in [-0.3, -0.25) is 0 Å². The average Bonchev–Trinajstić information content (AvgIpc) is 2.49. The summed E-state index contributed by atoms with van der Waals surface area (Å²) in [6, 6.07) is 9.53. The van der Waals surface area contributed by atoms with Gasteiger partial charge in [0.15, 0.2) is 0 Å². The lowest BCUT2D eigenvalue weighted by molar-refractivity contribution is 0.0699. The minimum atomic E-state index is -1.11. The maximum atomic E-state index is 13.7. The Morgan fingerprint density at radius 2 is 1.95 bits per heavy atom. The van der Waals surface area contributed by atoms with Crippen molar-refractivity contribution in [1.82, 2.24) is 4.98 Å². The van der Waals surface area contributed by atoms with Crippen LogP contribution in [0.2, 0.25) is 0 Å². The quantitative estimate of drug-likeness (QED) is 0.768.